The molecule has 3 N–H and O–H groups in total. The van der Waals surface area contributed by atoms with E-state index in [0.717, 1.165) is 28.8 Å². The van der Waals surface area contributed by atoms with Crippen LogP contribution in [0.5, 0.6) is 0 Å². The van der Waals surface area contributed by atoms with Gasteiger partial charge in [0.1, 0.15) is 5.01 Å². The molecule has 0 saturated heterocycles. The lowest BCUT2D eigenvalue weighted by Gasteiger charge is -2.13. The van der Waals surface area contributed by atoms with Crippen LogP contribution in [0.2, 0.25) is 0 Å². The largest absolute Gasteiger partial charge is 0.481 e. The molecule has 1 aliphatic carbocycles. The van der Waals surface area contributed by atoms with Crippen LogP contribution in [0.25, 0.3) is 11.3 Å². The fraction of sp³-hybridized carbons (Fsp3) is 0.258. The molecular weight excluding hydrogens is 608 g/mol. The van der Waals surface area contributed by atoms with Crippen molar-refractivity contribution in [3.8, 4) is 11.3 Å². The van der Waals surface area contributed by atoms with Gasteiger partial charge >= 0.3 is 18.3 Å². The number of hydrogen-bond acceptors (Lipinski definition) is 5. The Bertz CT molecular complexity index is 1650. The molecule has 1 aromatic heterocycles. The van der Waals surface area contributed by atoms with Gasteiger partial charge in [-0.25, -0.2) is 4.98 Å². The van der Waals surface area contributed by atoms with Gasteiger partial charge < -0.3 is 15.7 Å². The third kappa shape index (κ3) is 7.21. The number of nitrogens with zero attached hydrogens (tertiary/aromatic N) is 1. The number of carboxylic acid groups (broad SMARTS) is 1. The topological polar surface area (TPSA) is 91.3 Å². The van der Waals surface area contributed by atoms with Crippen LogP contribution < -0.4 is 10.6 Å². The highest BCUT2D eigenvalue weighted by Gasteiger charge is 2.37. The summed E-state index contributed by atoms with van der Waals surface area (Å²) in [5, 5.41) is 16.7. The molecule has 44 heavy (non-hydrogen) atoms. The van der Waals surface area contributed by atoms with E-state index >= 15 is 0 Å². The van der Waals surface area contributed by atoms with Crippen LogP contribution >= 0.6 is 11.3 Å². The van der Waals surface area contributed by atoms with Gasteiger partial charge in [-0.2, -0.15) is 26.3 Å². The first-order chi connectivity index (χ1) is 20.8. The first-order valence-corrected chi connectivity index (χ1v) is 14.4. The monoisotopic (exact) mass is 633 g/mol. The van der Waals surface area contributed by atoms with E-state index in [1.54, 1.807) is 24.3 Å². The SMILES string of the molecule is O=C(O)CCNC(=O)c1ccc(CNc2ccc3c(c2)CCC3c2nc(-c3cc(C(F)(F)F)cc(C(F)(F)F)c3)cs2)cc1. The van der Waals surface area contributed by atoms with Crippen molar-refractivity contribution in [2.45, 2.75) is 44.1 Å². The average Bonchev–Trinajstić information content (AvgIpc) is 3.62. The van der Waals surface area contributed by atoms with Crippen molar-refractivity contribution >= 4 is 28.9 Å². The fourth-order valence-corrected chi connectivity index (χ4v) is 6.01. The Morgan fingerprint density at radius 3 is 2.25 bits per heavy atom. The van der Waals surface area contributed by atoms with Crippen molar-refractivity contribution in [2.75, 3.05) is 11.9 Å². The van der Waals surface area contributed by atoms with E-state index in [4.69, 9.17) is 5.11 Å². The number of carboxylic acids is 1. The van der Waals surface area contributed by atoms with Crippen LogP contribution in [0, 0.1) is 0 Å². The Morgan fingerprint density at radius 2 is 1.61 bits per heavy atom. The number of hydrogen-bond donors (Lipinski definition) is 3. The second-order valence-corrected chi connectivity index (χ2v) is 11.2. The number of carbonyl (C=O) groups excluding carboxylic acids is 1. The summed E-state index contributed by atoms with van der Waals surface area (Å²) in [7, 11) is 0. The summed E-state index contributed by atoms with van der Waals surface area (Å²) < 4.78 is 80.0. The van der Waals surface area contributed by atoms with Crippen LogP contribution in [-0.2, 0) is 30.1 Å². The van der Waals surface area contributed by atoms with Crippen molar-refractivity contribution in [3.05, 3.63) is 104 Å². The number of aryl methyl sites for hydroxylation is 1. The smallest absolute Gasteiger partial charge is 0.416 e. The molecule has 0 saturated carbocycles. The zero-order valence-corrected chi connectivity index (χ0v) is 23.7. The molecule has 3 aromatic carbocycles. The predicted molar refractivity (Wildman–Crippen MR) is 153 cm³/mol. The van der Waals surface area contributed by atoms with E-state index < -0.39 is 29.4 Å². The Labute approximate surface area is 251 Å². The molecule has 5 rings (SSSR count). The molecule has 0 bridgehead atoms. The number of aromatic nitrogens is 1. The van der Waals surface area contributed by atoms with Crippen LogP contribution in [0.3, 0.4) is 0 Å². The number of fused-ring (bicyclic) bond motifs is 1. The average molecular weight is 634 g/mol. The summed E-state index contributed by atoms with van der Waals surface area (Å²) in [5.74, 6) is -1.47. The van der Waals surface area contributed by atoms with Crippen molar-refractivity contribution < 1.29 is 41.0 Å². The molecule has 1 unspecified atom stereocenters. The Kier molecular flexibility index (Phi) is 8.69. The third-order valence-corrected chi connectivity index (χ3v) is 8.22. The van der Waals surface area contributed by atoms with Crippen LogP contribution in [0.4, 0.5) is 32.0 Å². The molecule has 1 aliphatic rings. The van der Waals surface area contributed by atoms with Crippen molar-refractivity contribution in [3.63, 3.8) is 0 Å². The molecule has 0 fully saturated rings. The Morgan fingerprint density at radius 1 is 0.932 bits per heavy atom. The van der Waals surface area contributed by atoms with E-state index in [9.17, 15) is 35.9 Å². The van der Waals surface area contributed by atoms with Gasteiger partial charge in [0.25, 0.3) is 5.91 Å². The van der Waals surface area contributed by atoms with Gasteiger partial charge in [-0.1, -0.05) is 18.2 Å². The van der Waals surface area contributed by atoms with Gasteiger partial charge in [-0.05, 0) is 72.0 Å². The lowest BCUT2D eigenvalue weighted by molar-refractivity contribution is -0.143. The number of halogens is 6. The van der Waals surface area contributed by atoms with Gasteiger partial charge in [0.2, 0.25) is 0 Å². The fourth-order valence-electron chi connectivity index (χ4n) is 5.03. The number of anilines is 1. The van der Waals surface area contributed by atoms with E-state index in [1.165, 1.54) is 16.7 Å². The molecule has 4 aromatic rings. The summed E-state index contributed by atoms with van der Waals surface area (Å²) in [5.41, 5.74) is 1.36. The maximum Gasteiger partial charge on any atom is 0.416 e. The molecule has 1 atom stereocenters. The van der Waals surface area contributed by atoms with Gasteiger partial charge in [-0.15, -0.1) is 11.3 Å². The zero-order valence-electron chi connectivity index (χ0n) is 22.9. The molecule has 0 aliphatic heterocycles. The van der Waals surface area contributed by atoms with E-state index in [2.05, 4.69) is 15.6 Å². The molecule has 13 heteroatoms. The minimum absolute atomic E-state index is 0.0407. The van der Waals surface area contributed by atoms with E-state index in [-0.39, 0.29) is 42.1 Å². The van der Waals surface area contributed by atoms with Crippen molar-refractivity contribution in [2.24, 2.45) is 0 Å². The number of rotatable bonds is 9. The summed E-state index contributed by atoms with van der Waals surface area (Å²) in [4.78, 5) is 27.2. The number of carbonyl (C=O) groups is 2. The van der Waals surface area contributed by atoms with Gasteiger partial charge in [0.05, 0.1) is 23.2 Å². The van der Waals surface area contributed by atoms with Crippen LogP contribution in [0.1, 0.15) is 61.9 Å². The lowest BCUT2D eigenvalue weighted by Crippen LogP contribution is -2.25. The summed E-state index contributed by atoms with van der Waals surface area (Å²) in [6.07, 6.45) is -8.59. The van der Waals surface area contributed by atoms with Gasteiger partial charge in [0.15, 0.2) is 0 Å². The highest BCUT2D eigenvalue weighted by Crippen LogP contribution is 2.43. The maximum absolute atomic E-state index is 13.3. The summed E-state index contributed by atoms with van der Waals surface area (Å²) in [6.45, 7) is 0.523. The number of aliphatic carboxylic acids is 1. The normalized spacial score (nSPS) is 14.7. The highest BCUT2D eigenvalue weighted by atomic mass is 32.1. The number of benzene rings is 3. The first-order valence-electron chi connectivity index (χ1n) is 13.5. The molecule has 230 valence electrons. The number of nitrogens with one attached hydrogen (secondary N) is 2. The number of thiazole rings is 1. The van der Waals surface area contributed by atoms with Crippen LogP contribution in [-0.4, -0.2) is 28.5 Å². The van der Waals surface area contributed by atoms with E-state index in [0.29, 0.717) is 35.7 Å². The highest BCUT2D eigenvalue weighted by molar-refractivity contribution is 7.10. The summed E-state index contributed by atoms with van der Waals surface area (Å²) >= 11 is 1.21. The third-order valence-electron chi connectivity index (χ3n) is 7.26. The molecule has 0 radical (unpaired) electrons. The molecule has 6 nitrogen and oxygen atoms in total. The minimum atomic E-state index is -4.94. The zero-order chi connectivity index (χ0) is 31.6. The minimum Gasteiger partial charge on any atom is -0.481 e. The Balaban J connectivity index is 1.25. The second kappa shape index (κ2) is 12.3. The standard InChI is InChI=1S/C31H25F6N3O3S/c32-30(33,34)21-11-20(12-22(14-21)31(35,36)37)26-16-44-29(40-26)25-7-5-19-13-23(6-8-24(19)25)39-15-17-1-3-18(4-2-17)28(43)38-10-9-27(41)42/h1-4,6,8,11-14,16,25,39H,5,7,9-10,15H2,(H,38,43)(H,41,42). The maximum atomic E-state index is 13.3. The quantitative estimate of drug-likeness (QED) is 0.164. The molecule has 1 heterocycles. The van der Waals surface area contributed by atoms with Crippen molar-refractivity contribution in [1.82, 2.24) is 10.3 Å². The van der Waals surface area contributed by atoms with Gasteiger partial charge in [-0.3, -0.25) is 9.59 Å². The molecular formula is C31H25F6N3O3S. The van der Waals surface area contributed by atoms with E-state index in [1.807, 2.05) is 18.2 Å². The summed E-state index contributed by atoms with van der Waals surface area (Å²) in [6, 6.07) is 14.3. The first kappa shape index (κ1) is 31.0. The lowest BCUT2D eigenvalue weighted by atomic mass is 10.0. The number of amides is 1. The number of alkyl halides is 6. The van der Waals surface area contributed by atoms with Crippen molar-refractivity contribution in [1.29, 1.82) is 0 Å². The van der Waals surface area contributed by atoms with Crippen LogP contribution in [0.15, 0.2) is 66.0 Å². The Hall–Kier alpha value is -4.39. The molecule has 0 spiro atoms. The van der Waals surface area contributed by atoms with Gasteiger partial charge in [0, 0.05) is 41.2 Å². The predicted octanol–water partition coefficient (Wildman–Crippen LogP) is 7.74. The molecule has 1 amide bonds. The second-order valence-electron chi connectivity index (χ2n) is 10.3.